The number of aromatic nitrogens is 2. The van der Waals surface area contributed by atoms with E-state index in [9.17, 15) is 0 Å². The highest BCUT2D eigenvalue weighted by Crippen LogP contribution is 2.26. The van der Waals surface area contributed by atoms with Crippen molar-refractivity contribution >= 4 is 29.1 Å². The summed E-state index contributed by atoms with van der Waals surface area (Å²) in [6.07, 6.45) is 4.20. The van der Waals surface area contributed by atoms with E-state index in [1.54, 1.807) is 6.33 Å². The fourth-order valence-corrected chi connectivity index (χ4v) is 2.46. The lowest BCUT2D eigenvalue weighted by atomic mass is 9.99. The molecule has 2 aromatic rings. The van der Waals surface area contributed by atoms with Crippen LogP contribution in [0.4, 0.5) is 5.82 Å². The van der Waals surface area contributed by atoms with E-state index < -0.39 is 0 Å². The molecule has 0 spiro atoms. The van der Waals surface area contributed by atoms with Gasteiger partial charge in [0.15, 0.2) is 0 Å². The van der Waals surface area contributed by atoms with E-state index in [0.717, 1.165) is 30.3 Å². The molecular formula is C14H21ClN4. The van der Waals surface area contributed by atoms with Gasteiger partial charge in [-0.1, -0.05) is 19.1 Å². The van der Waals surface area contributed by atoms with Crippen LogP contribution >= 0.6 is 12.4 Å². The van der Waals surface area contributed by atoms with E-state index in [4.69, 9.17) is 0 Å². The van der Waals surface area contributed by atoms with E-state index in [-0.39, 0.29) is 18.6 Å². The fraction of sp³-hybridized carbons (Fsp3) is 0.429. The average molecular weight is 281 g/mol. The third-order valence-electron chi connectivity index (χ3n) is 3.60. The Morgan fingerprint density at radius 2 is 1.79 bits per heavy atom. The summed E-state index contributed by atoms with van der Waals surface area (Å²) in [5, 5.41) is 1.17. The molecule has 0 atom stereocenters. The van der Waals surface area contributed by atoms with Crippen molar-refractivity contribution in [1.29, 1.82) is 0 Å². The molecule has 0 amide bonds. The van der Waals surface area contributed by atoms with Crippen molar-refractivity contribution in [3.63, 3.8) is 0 Å². The lowest BCUT2D eigenvalue weighted by Crippen LogP contribution is -2.33. The second-order valence-corrected chi connectivity index (χ2v) is 4.88. The number of halogens is 1. The van der Waals surface area contributed by atoms with Crippen LogP contribution in [0.25, 0.3) is 10.9 Å². The van der Waals surface area contributed by atoms with Gasteiger partial charge in [0.05, 0.1) is 5.52 Å². The standard InChI is InChI=1S/C14H17N3.ClH.H3N/c1-11-6-8-17(9-7-11)14-12-4-2-3-5-13(12)15-10-16-14;;/h2-5,10-11H,6-9H2,1H3;1H;1H3. The van der Waals surface area contributed by atoms with E-state index in [1.807, 2.05) is 12.1 Å². The summed E-state index contributed by atoms with van der Waals surface area (Å²) in [4.78, 5) is 11.2. The molecule has 104 valence electrons. The Balaban J connectivity index is 0.000000902. The van der Waals surface area contributed by atoms with Gasteiger partial charge in [-0.3, -0.25) is 0 Å². The van der Waals surface area contributed by atoms with Gasteiger partial charge in [0.2, 0.25) is 0 Å². The monoisotopic (exact) mass is 280 g/mol. The van der Waals surface area contributed by atoms with Crippen LogP contribution in [0.2, 0.25) is 0 Å². The molecule has 1 aliphatic heterocycles. The molecule has 1 aromatic carbocycles. The number of rotatable bonds is 1. The lowest BCUT2D eigenvalue weighted by Gasteiger charge is -2.31. The van der Waals surface area contributed by atoms with Gasteiger partial charge in [0.1, 0.15) is 12.1 Å². The molecule has 3 rings (SSSR count). The predicted octanol–water partition coefficient (Wildman–Crippen LogP) is 3.45. The normalized spacial score (nSPS) is 15.7. The smallest absolute Gasteiger partial charge is 0.139 e. The minimum atomic E-state index is 0. The van der Waals surface area contributed by atoms with Gasteiger partial charge in [0, 0.05) is 18.5 Å². The second kappa shape index (κ2) is 6.68. The van der Waals surface area contributed by atoms with Crippen LogP contribution in [-0.4, -0.2) is 23.1 Å². The highest BCUT2D eigenvalue weighted by atomic mass is 35.5. The van der Waals surface area contributed by atoms with Crippen molar-refractivity contribution in [2.75, 3.05) is 18.0 Å². The van der Waals surface area contributed by atoms with Crippen LogP contribution < -0.4 is 11.1 Å². The van der Waals surface area contributed by atoms with Gasteiger partial charge in [-0.05, 0) is 30.9 Å². The van der Waals surface area contributed by atoms with Gasteiger partial charge in [-0.25, -0.2) is 9.97 Å². The maximum Gasteiger partial charge on any atom is 0.139 e. The van der Waals surface area contributed by atoms with Crippen molar-refractivity contribution in [2.24, 2.45) is 5.92 Å². The maximum atomic E-state index is 4.47. The Hall–Kier alpha value is -1.39. The summed E-state index contributed by atoms with van der Waals surface area (Å²) in [6, 6.07) is 8.24. The Labute approximate surface area is 120 Å². The summed E-state index contributed by atoms with van der Waals surface area (Å²) >= 11 is 0. The summed E-state index contributed by atoms with van der Waals surface area (Å²) in [6.45, 7) is 4.56. The number of para-hydroxylation sites is 1. The number of anilines is 1. The number of hydrogen-bond donors (Lipinski definition) is 1. The molecule has 5 heteroatoms. The zero-order valence-electron chi connectivity index (χ0n) is 11.2. The number of benzene rings is 1. The van der Waals surface area contributed by atoms with Crippen LogP contribution in [0, 0.1) is 5.92 Å². The minimum absolute atomic E-state index is 0. The van der Waals surface area contributed by atoms with Gasteiger partial charge in [0.25, 0.3) is 0 Å². The number of nitrogens with zero attached hydrogens (tertiary/aromatic N) is 3. The van der Waals surface area contributed by atoms with E-state index >= 15 is 0 Å². The number of piperidine rings is 1. The molecule has 0 radical (unpaired) electrons. The lowest BCUT2D eigenvalue weighted by molar-refractivity contribution is 0.437. The molecule has 1 saturated heterocycles. The summed E-state index contributed by atoms with van der Waals surface area (Å²) in [5.74, 6) is 1.95. The summed E-state index contributed by atoms with van der Waals surface area (Å²) in [7, 11) is 0. The molecule has 3 N–H and O–H groups in total. The van der Waals surface area contributed by atoms with Crippen LogP contribution in [0.3, 0.4) is 0 Å². The predicted molar refractivity (Wildman–Crippen MR) is 82.4 cm³/mol. The van der Waals surface area contributed by atoms with Crippen LogP contribution in [0.15, 0.2) is 30.6 Å². The van der Waals surface area contributed by atoms with Gasteiger partial charge in [-0.2, -0.15) is 0 Å². The fourth-order valence-electron chi connectivity index (χ4n) is 2.46. The maximum absolute atomic E-state index is 4.47. The SMILES string of the molecule is CC1CCN(c2ncnc3ccccc23)CC1.Cl.N. The van der Waals surface area contributed by atoms with E-state index in [2.05, 4.69) is 33.9 Å². The topological polar surface area (TPSA) is 64.0 Å². The molecule has 2 heterocycles. The van der Waals surface area contributed by atoms with Crippen LogP contribution in [0.1, 0.15) is 19.8 Å². The highest BCUT2D eigenvalue weighted by molar-refractivity contribution is 5.89. The molecule has 19 heavy (non-hydrogen) atoms. The molecular weight excluding hydrogens is 260 g/mol. The molecule has 4 nitrogen and oxygen atoms in total. The molecule has 0 unspecified atom stereocenters. The van der Waals surface area contributed by atoms with Crippen molar-refractivity contribution in [1.82, 2.24) is 16.1 Å². The average Bonchev–Trinajstić information content (AvgIpc) is 2.39. The quantitative estimate of drug-likeness (QED) is 0.869. The number of hydrogen-bond acceptors (Lipinski definition) is 4. The first-order valence-corrected chi connectivity index (χ1v) is 6.29. The highest BCUT2D eigenvalue weighted by Gasteiger charge is 2.18. The van der Waals surface area contributed by atoms with Crippen molar-refractivity contribution in [3.05, 3.63) is 30.6 Å². The molecule has 1 aliphatic rings. The molecule has 0 aliphatic carbocycles. The Morgan fingerprint density at radius 3 is 2.53 bits per heavy atom. The Bertz CT molecular complexity index is 518. The minimum Gasteiger partial charge on any atom is -0.356 e. The van der Waals surface area contributed by atoms with Crippen LogP contribution in [0.5, 0.6) is 0 Å². The first-order valence-electron chi connectivity index (χ1n) is 6.29. The van der Waals surface area contributed by atoms with Crippen LogP contribution in [-0.2, 0) is 0 Å². The zero-order chi connectivity index (χ0) is 11.7. The molecule has 0 saturated carbocycles. The molecule has 1 fully saturated rings. The third-order valence-corrected chi connectivity index (χ3v) is 3.60. The van der Waals surface area contributed by atoms with E-state index in [1.165, 1.54) is 18.2 Å². The van der Waals surface area contributed by atoms with Gasteiger partial charge < -0.3 is 11.1 Å². The van der Waals surface area contributed by atoms with E-state index in [0.29, 0.717) is 0 Å². The largest absolute Gasteiger partial charge is 0.356 e. The zero-order valence-corrected chi connectivity index (χ0v) is 12.1. The Kier molecular flexibility index (Phi) is 5.51. The van der Waals surface area contributed by atoms with Gasteiger partial charge in [-0.15, -0.1) is 12.4 Å². The number of fused-ring (bicyclic) bond motifs is 1. The third kappa shape index (κ3) is 3.14. The molecule has 0 bridgehead atoms. The van der Waals surface area contributed by atoms with Crippen molar-refractivity contribution < 1.29 is 0 Å². The Morgan fingerprint density at radius 1 is 1.11 bits per heavy atom. The van der Waals surface area contributed by atoms with Crippen molar-refractivity contribution in [2.45, 2.75) is 19.8 Å². The molecule has 1 aromatic heterocycles. The van der Waals surface area contributed by atoms with Gasteiger partial charge >= 0.3 is 0 Å². The van der Waals surface area contributed by atoms with Crippen molar-refractivity contribution in [3.8, 4) is 0 Å². The summed E-state index contributed by atoms with van der Waals surface area (Å²) in [5.41, 5.74) is 1.04. The first kappa shape index (κ1) is 15.7. The first-order chi connectivity index (χ1) is 8.34. The second-order valence-electron chi connectivity index (χ2n) is 4.88. The summed E-state index contributed by atoms with van der Waals surface area (Å²) < 4.78 is 0.